The molecule has 0 aliphatic carbocycles. The van der Waals surface area contributed by atoms with Gasteiger partial charge in [-0.3, -0.25) is 0 Å². The Morgan fingerprint density at radius 1 is 1.03 bits per heavy atom. The summed E-state index contributed by atoms with van der Waals surface area (Å²) in [5.74, 6) is 0.782. The number of para-hydroxylation sites is 3. The molecule has 8 nitrogen and oxygen atoms in total. The Balaban J connectivity index is 1.69. The molecule has 2 heterocycles. The summed E-state index contributed by atoms with van der Waals surface area (Å²) >= 11 is 1.15. The van der Waals surface area contributed by atoms with Gasteiger partial charge in [-0.2, -0.15) is 0 Å². The van der Waals surface area contributed by atoms with Crippen molar-refractivity contribution in [2.75, 3.05) is 6.61 Å². The van der Waals surface area contributed by atoms with E-state index in [2.05, 4.69) is 0 Å². The Morgan fingerprint density at radius 2 is 1.75 bits per heavy atom. The lowest BCUT2D eigenvalue weighted by atomic mass is 10.0. The van der Waals surface area contributed by atoms with Crippen LogP contribution in [0.3, 0.4) is 0 Å². The SMILES string of the molecule is CC(C)Oc1ccccc1Cn1c(SC2OC(CO)C(O)C(O)C2O)nc2ccccc21. The van der Waals surface area contributed by atoms with Crippen molar-refractivity contribution >= 4 is 22.8 Å². The zero-order chi connectivity index (χ0) is 22.8. The summed E-state index contributed by atoms with van der Waals surface area (Å²) < 4.78 is 13.7. The second kappa shape index (κ2) is 9.78. The highest BCUT2D eigenvalue weighted by Crippen LogP contribution is 2.35. The minimum atomic E-state index is -1.43. The maximum absolute atomic E-state index is 10.5. The fraction of sp³-hybridized carbons (Fsp3) is 0.435. The topological polar surface area (TPSA) is 117 Å². The molecule has 1 aromatic heterocycles. The van der Waals surface area contributed by atoms with Gasteiger partial charge in [-0.05, 0) is 32.0 Å². The van der Waals surface area contributed by atoms with Gasteiger partial charge in [0.2, 0.25) is 0 Å². The molecule has 4 rings (SSSR count). The summed E-state index contributed by atoms with van der Waals surface area (Å²) in [5.41, 5.74) is 1.74. The molecule has 0 saturated carbocycles. The summed E-state index contributed by atoms with van der Waals surface area (Å²) in [5, 5.41) is 40.8. The third kappa shape index (κ3) is 4.63. The van der Waals surface area contributed by atoms with Gasteiger partial charge in [0.1, 0.15) is 35.6 Å². The van der Waals surface area contributed by atoms with Gasteiger partial charge in [0.05, 0.1) is 30.3 Å². The highest BCUT2D eigenvalue weighted by molar-refractivity contribution is 7.99. The van der Waals surface area contributed by atoms with Gasteiger partial charge >= 0.3 is 0 Å². The maximum Gasteiger partial charge on any atom is 0.171 e. The van der Waals surface area contributed by atoms with Gasteiger partial charge in [0, 0.05) is 5.56 Å². The van der Waals surface area contributed by atoms with Crippen LogP contribution in [-0.2, 0) is 11.3 Å². The molecular formula is C23H28N2O6S. The predicted molar refractivity (Wildman–Crippen MR) is 121 cm³/mol. The van der Waals surface area contributed by atoms with Crippen molar-refractivity contribution in [2.24, 2.45) is 0 Å². The van der Waals surface area contributed by atoms with Crippen molar-refractivity contribution in [3.63, 3.8) is 0 Å². The second-order valence-corrected chi connectivity index (χ2v) is 9.12. The normalized spacial score (nSPS) is 26.0. The van der Waals surface area contributed by atoms with E-state index in [1.807, 2.05) is 66.9 Å². The predicted octanol–water partition coefficient (Wildman–Crippen LogP) is 1.76. The lowest BCUT2D eigenvalue weighted by Gasteiger charge is -2.39. The summed E-state index contributed by atoms with van der Waals surface area (Å²) in [6.07, 6.45) is -5.12. The molecule has 0 bridgehead atoms. The Bertz CT molecular complexity index is 1060. The molecule has 1 saturated heterocycles. The number of imidazole rings is 1. The molecule has 32 heavy (non-hydrogen) atoms. The first-order valence-corrected chi connectivity index (χ1v) is 11.4. The number of hydrogen-bond donors (Lipinski definition) is 4. The van der Waals surface area contributed by atoms with E-state index in [4.69, 9.17) is 14.5 Å². The number of ether oxygens (including phenoxy) is 2. The molecule has 9 heteroatoms. The van der Waals surface area contributed by atoms with Crippen LogP contribution >= 0.6 is 11.8 Å². The van der Waals surface area contributed by atoms with Crippen molar-refractivity contribution in [3.8, 4) is 5.75 Å². The Hall–Kier alpha value is -2.14. The van der Waals surface area contributed by atoms with E-state index in [1.54, 1.807) is 0 Å². The van der Waals surface area contributed by atoms with E-state index in [0.29, 0.717) is 11.7 Å². The lowest BCUT2D eigenvalue weighted by Crippen LogP contribution is -2.57. The maximum atomic E-state index is 10.5. The average Bonchev–Trinajstić information content (AvgIpc) is 3.12. The van der Waals surface area contributed by atoms with Gasteiger partial charge in [0.25, 0.3) is 0 Å². The quantitative estimate of drug-likeness (QED) is 0.421. The number of hydrogen-bond acceptors (Lipinski definition) is 8. The number of nitrogens with zero attached hydrogens (tertiary/aromatic N) is 2. The number of fused-ring (bicyclic) bond motifs is 1. The van der Waals surface area contributed by atoms with Crippen LogP contribution in [0.1, 0.15) is 19.4 Å². The third-order valence-corrected chi connectivity index (χ3v) is 6.50. The van der Waals surface area contributed by atoms with E-state index < -0.39 is 36.5 Å². The van der Waals surface area contributed by atoms with Crippen LogP contribution in [0.15, 0.2) is 53.7 Å². The van der Waals surface area contributed by atoms with Gasteiger partial charge < -0.3 is 34.5 Å². The molecule has 1 fully saturated rings. The van der Waals surface area contributed by atoms with Crippen molar-refractivity contribution in [3.05, 3.63) is 54.1 Å². The van der Waals surface area contributed by atoms with E-state index in [1.165, 1.54) is 0 Å². The number of aliphatic hydroxyl groups excluding tert-OH is 4. The first-order chi connectivity index (χ1) is 15.4. The van der Waals surface area contributed by atoms with Gasteiger partial charge in [-0.15, -0.1) is 0 Å². The van der Waals surface area contributed by atoms with Crippen molar-refractivity contribution in [2.45, 2.75) is 61.5 Å². The van der Waals surface area contributed by atoms with Gasteiger partial charge in [0.15, 0.2) is 5.16 Å². The van der Waals surface area contributed by atoms with Crippen LogP contribution in [0.2, 0.25) is 0 Å². The van der Waals surface area contributed by atoms with E-state index >= 15 is 0 Å². The van der Waals surface area contributed by atoms with E-state index in [-0.39, 0.29) is 6.10 Å². The molecule has 1 aliphatic rings. The molecule has 3 aromatic rings. The van der Waals surface area contributed by atoms with E-state index in [0.717, 1.165) is 34.1 Å². The molecule has 4 N–H and O–H groups in total. The van der Waals surface area contributed by atoms with Gasteiger partial charge in [-0.1, -0.05) is 42.1 Å². The van der Waals surface area contributed by atoms with Gasteiger partial charge in [-0.25, -0.2) is 4.98 Å². The van der Waals surface area contributed by atoms with Crippen LogP contribution in [0.4, 0.5) is 0 Å². The van der Waals surface area contributed by atoms with Crippen LogP contribution in [0.25, 0.3) is 11.0 Å². The largest absolute Gasteiger partial charge is 0.491 e. The molecule has 1 aliphatic heterocycles. The monoisotopic (exact) mass is 460 g/mol. The average molecular weight is 461 g/mol. The fourth-order valence-corrected chi connectivity index (χ4v) is 4.89. The number of thioether (sulfide) groups is 1. The standard InChI is InChI=1S/C23H28N2O6S/c1-13(2)30-17-10-6-3-7-14(17)11-25-16-9-5-4-8-15(16)24-23(25)32-22-21(29)20(28)19(27)18(12-26)31-22/h3-10,13,18-22,26-29H,11-12H2,1-2H3. The summed E-state index contributed by atoms with van der Waals surface area (Å²) in [6.45, 7) is 3.95. The van der Waals surface area contributed by atoms with Crippen LogP contribution in [0.5, 0.6) is 5.75 Å². The Morgan fingerprint density at radius 3 is 2.50 bits per heavy atom. The summed E-state index contributed by atoms with van der Waals surface area (Å²) in [4.78, 5) is 4.71. The first kappa shape index (κ1) is 23.0. The second-order valence-electron chi connectivity index (χ2n) is 8.06. The molecule has 0 amide bonds. The van der Waals surface area contributed by atoms with Crippen LogP contribution in [-0.4, -0.2) is 72.5 Å². The molecule has 5 atom stereocenters. The molecule has 2 aromatic carbocycles. The molecule has 5 unspecified atom stereocenters. The molecule has 0 radical (unpaired) electrons. The summed E-state index contributed by atoms with van der Waals surface area (Å²) in [7, 11) is 0. The Kier molecular flexibility index (Phi) is 7.04. The number of aliphatic hydroxyl groups is 4. The smallest absolute Gasteiger partial charge is 0.171 e. The number of benzene rings is 2. The third-order valence-electron chi connectivity index (χ3n) is 5.35. The molecular weight excluding hydrogens is 432 g/mol. The summed E-state index contributed by atoms with van der Waals surface area (Å²) in [6, 6.07) is 15.5. The fourth-order valence-electron chi connectivity index (χ4n) is 3.74. The van der Waals surface area contributed by atoms with E-state index in [9.17, 15) is 20.4 Å². The Labute approximate surface area is 190 Å². The first-order valence-electron chi connectivity index (χ1n) is 10.6. The number of aromatic nitrogens is 2. The highest BCUT2D eigenvalue weighted by atomic mass is 32.2. The lowest BCUT2D eigenvalue weighted by molar-refractivity contribution is -0.205. The highest BCUT2D eigenvalue weighted by Gasteiger charge is 2.44. The zero-order valence-corrected chi connectivity index (χ0v) is 18.7. The van der Waals surface area contributed by atoms with Crippen molar-refractivity contribution in [1.29, 1.82) is 0 Å². The van der Waals surface area contributed by atoms with Crippen LogP contribution < -0.4 is 4.74 Å². The minimum absolute atomic E-state index is 0.0265. The number of rotatable bonds is 7. The molecule has 172 valence electrons. The molecule has 0 spiro atoms. The van der Waals surface area contributed by atoms with Crippen molar-refractivity contribution in [1.82, 2.24) is 9.55 Å². The van der Waals surface area contributed by atoms with Crippen molar-refractivity contribution < 1.29 is 29.9 Å². The van der Waals surface area contributed by atoms with Crippen LogP contribution in [0, 0.1) is 0 Å². The minimum Gasteiger partial charge on any atom is -0.491 e. The zero-order valence-electron chi connectivity index (χ0n) is 17.9.